The van der Waals surface area contributed by atoms with Crippen LogP contribution < -0.4 is 10.7 Å². The van der Waals surface area contributed by atoms with Crippen LogP contribution in [0.25, 0.3) is 6.08 Å². The summed E-state index contributed by atoms with van der Waals surface area (Å²) < 4.78 is 5.56. The normalized spacial score (nSPS) is 17.9. The summed E-state index contributed by atoms with van der Waals surface area (Å²) in [6.45, 7) is 3.12. The van der Waals surface area contributed by atoms with E-state index >= 15 is 0 Å². The van der Waals surface area contributed by atoms with Gasteiger partial charge in [-0.15, -0.1) is 0 Å². The van der Waals surface area contributed by atoms with Gasteiger partial charge in [-0.1, -0.05) is 47.5 Å². The van der Waals surface area contributed by atoms with Crippen LogP contribution in [0, 0.1) is 0 Å². The second-order valence-corrected chi connectivity index (χ2v) is 8.75. The molecule has 32 heavy (non-hydrogen) atoms. The number of rotatable bonds is 5. The molecule has 0 amide bonds. The van der Waals surface area contributed by atoms with E-state index in [1.54, 1.807) is 6.07 Å². The third kappa shape index (κ3) is 5.90. The minimum Gasteiger partial charge on any atom is -0.378 e. The number of hydrazone groups is 1. The summed E-state index contributed by atoms with van der Waals surface area (Å²) in [4.78, 5) is 2.37. The molecule has 5 nitrogen and oxygen atoms in total. The summed E-state index contributed by atoms with van der Waals surface area (Å²) in [7, 11) is 0. The number of allylic oxidation sites excluding steroid dienone is 2. The fourth-order valence-electron chi connectivity index (χ4n) is 3.83. The van der Waals surface area contributed by atoms with Crippen molar-refractivity contribution in [2.75, 3.05) is 31.6 Å². The van der Waals surface area contributed by atoms with Gasteiger partial charge in [-0.25, -0.2) is 0 Å². The van der Waals surface area contributed by atoms with Gasteiger partial charge in [-0.2, -0.15) is 5.10 Å². The number of thiocarbonyl (C=S) groups is 1. The molecule has 1 heterocycles. The molecule has 0 radical (unpaired) electrons. The number of morpholine rings is 1. The lowest BCUT2D eigenvalue weighted by molar-refractivity contribution is 0.0548. The quantitative estimate of drug-likeness (QED) is 0.321. The van der Waals surface area contributed by atoms with Crippen molar-refractivity contribution in [3.8, 4) is 0 Å². The third-order valence-electron chi connectivity index (χ3n) is 5.31. The summed E-state index contributed by atoms with van der Waals surface area (Å²) >= 11 is 17.8. The van der Waals surface area contributed by atoms with Crippen molar-refractivity contribution in [3.05, 3.63) is 81.0 Å². The monoisotopic (exact) mass is 486 g/mol. The highest BCUT2D eigenvalue weighted by atomic mass is 35.5. The molecular weight excluding hydrogens is 463 g/mol. The molecule has 4 rings (SSSR count). The molecule has 0 atom stereocenters. The topological polar surface area (TPSA) is 48.9 Å². The minimum atomic E-state index is 0.447. The standard InChI is InChI=1S/C24H24Cl2N4OS/c25-20-9-8-17(22(26)15-20)14-18-6-7-19(23(18)30-10-12-31-13-11-30)16-27-29-24(32)28-21-4-2-1-3-5-21/h1-5,8-9,14-16H,6-7,10-13H2,(H2,28,29,32)/b18-14+,27-16+. The number of benzene rings is 2. The lowest BCUT2D eigenvalue weighted by Crippen LogP contribution is -2.36. The summed E-state index contributed by atoms with van der Waals surface area (Å²) in [5.74, 6) is 0. The molecule has 0 unspecified atom stereocenters. The Bertz CT molecular complexity index is 1060. The van der Waals surface area contributed by atoms with Crippen LogP contribution in [0.15, 0.2) is 70.5 Å². The first-order valence-electron chi connectivity index (χ1n) is 10.5. The van der Waals surface area contributed by atoms with E-state index in [0.717, 1.165) is 37.2 Å². The van der Waals surface area contributed by atoms with Gasteiger partial charge < -0.3 is 15.0 Å². The SMILES string of the molecule is S=C(N/N=C/C1=C(N2CCOCC2)C(=C/c2ccc(Cl)cc2Cl)/CC1)Nc1ccccc1. The highest BCUT2D eigenvalue weighted by Gasteiger charge is 2.25. The Hall–Kier alpha value is -2.38. The maximum atomic E-state index is 6.43. The molecule has 0 saturated carbocycles. The molecule has 1 aliphatic carbocycles. The van der Waals surface area contributed by atoms with Gasteiger partial charge in [-0.3, -0.25) is 5.43 Å². The molecule has 2 aromatic rings. The van der Waals surface area contributed by atoms with Gasteiger partial charge in [-0.05, 0) is 72.1 Å². The zero-order valence-corrected chi connectivity index (χ0v) is 19.8. The van der Waals surface area contributed by atoms with Crippen LogP contribution in [-0.4, -0.2) is 42.5 Å². The van der Waals surface area contributed by atoms with Crippen molar-refractivity contribution >= 4 is 58.5 Å². The fourth-order valence-corrected chi connectivity index (χ4v) is 4.46. The van der Waals surface area contributed by atoms with Crippen molar-refractivity contribution < 1.29 is 4.74 Å². The molecule has 1 saturated heterocycles. The first kappa shape index (κ1) is 22.8. The average Bonchev–Trinajstić information content (AvgIpc) is 3.19. The first-order valence-corrected chi connectivity index (χ1v) is 11.6. The number of hydrogen-bond donors (Lipinski definition) is 2. The number of hydrogen-bond acceptors (Lipinski definition) is 4. The van der Waals surface area contributed by atoms with Gasteiger partial charge in [0.25, 0.3) is 0 Å². The number of anilines is 1. The van der Waals surface area contributed by atoms with Crippen LogP contribution in [0.3, 0.4) is 0 Å². The van der Waals surface area contributed by atoms with Gasteiger partial charge in [0.05, 0.1) is 19.4 Å². The van der Waals surface area contributed by atoms with Crippen LogP contribution in [0.2, 0.25) is 10.0 Å². The lowest BCUT2D eigenvalue weighted by Gasteiger charge is -2.31. The Balaban J connectivity index is 1.54. The van der Waals surface area contributed by atoms with Gasteiger partial charge in [0.15, 0.2) is 5.11 Å². The van der Waals surface area contributed by atoms with E-state index in [-0.39, 0.29) is 0 Å². The average molecular weight is 487 g/mol. The van der Waals surface area contributed by atoms with Gasteiger partial charge in [0, 0.05) is 34.5 Å². The van der Waals surface area contributed by atoms with Crippen LogP contribution in [-0.2, 0) is 4.74 Å². The van der Waals surface area contributed by atoms with Crippen molar-refractivity contribution in [1.82, 2.24) is 10.3 Å². The van der Waals surface area contributed by atoms with E-state index in [1.807, 2.05) is 48.7 Å². The number of halogens is 2. The zero-order valence-electron chi connectivity index (χ0n) is 17.5. The van der Waals surface area contributed by atoms with Crippen molar-refractivity contribution in [2.45, 2.75) is 12.8 Å². The molecule has 0 aromatic heterocycles. The molecular formula is C24H24Cl2N4OS. The zero-order chi connectivity index (χ0) is 22.3. The maximum absolute atomic E-state index is 6.43. The summed E-state index contributed by atoms with van der Waals surface area (Å²) in [5, 5.41) is 9.24. The lowest BCUT2D eigenvalue weighted by atomic mass is 10.1. The second-order valence-electron chi connectivity index (χ2n) is 7.50. The smallest absolute Gasteiger partial charge is 0.191 e. The largest absolute Gasteiger partial charge is 0.378 e. The van der Waals surface area contributed by atoms with Crippen LogP contribution in [0.5, 0.6) is 0 Å². The number of para-hydroxylation sites is 1. The summed E-state index contributed by atoms with van der Waals surface area (Å²) in [6.07, 6.45) is 5.83. The van der Waals surface area contributed by atoms with Crippen molar-refractivity contribution in [1.29, 1.82) is 0 Å². The van der Waals surface area contributed by atoms with Gasteiger partial charge in [0.2, 0.25) is 0 Å². The predicted octanol–water partition coefficient (Wildman–Crippen LogP) is 5.73. The minimum absolute atomic E-state index is 0.447. The van der Waals surface area contributed by atoms with Crippen molar-refractivity contribution in [3.63, 3.8) is 0 Å². The molecule has 1 fully saturated rings. The first-order chi connectivity index (χ1) is 15.6. The molecule has 0 bridgehead atoms. The van der Waals surface area contributed by atoms with E-state index in [1.165, 1.54) is 16.8 Å². The fraction of sp³-hybridized carbons (Fsp3) is 0.250. The third-order valence-corrected chi connectivity index (χ3v) is 6.07. The van der Waals surface area contributed by atoms with E-state index in [2.05, 4.69) is 26.8 Å². The Kier molecular flexibility index (Phi) is 7.81. The van der Waals surface area contributed by atoms with Crippen LogP contribution in [0.1, 0.15) is 18.4 Å². The van der Waals surface area contributed by atoms with E-state index < -0.39 is 0 Å². The second kappa shape index (κ2) is 11.0. The highest BCUT2D eigenvalue weighted by molar-refractivity contribution is 7.80. The number of nitrogens with one attached hydrogen (secondary N) is 2. The Morgan fingerprint density at radius 2 is 1.84 bits per heavy atom. The Labute approximate surface area is 203 Å². The van der Waals surface area contributed by atoms with Gasteiger partial charge in [0.1, 0.15) is 0 Å². The molecule has 2 N–H and O–H groups in total. The molecule has 1 aliphatic heterocycles. The molecule has 0 spiro atoms. The van der Waals surface area contributed by atoms with E-state index in [0.29, 0.717) is 28.4 Å². The van der Waals surface area contributed by atoms with E-state index in [9.17, 15) is 0 Å². The van der Waals surface area contributed by atoms with Crippen LogP contribution in [0.4, 0.5) is 5.69 Å². The van der Waals surface area contributed by atoms with Crippen LogP contribution >= 0.6 is 35.4 Å². The number of ether oxygens (including phenoxy) is 1. The maximum Gasteiger partial charge on any atom is 0.191 e. The van der Waals surface area contributed by atoms with Gasteiger partial charge >= 0.3 is 0 Å². The Morgan fingerprint density at radius 3 is 2.59 bits per heavy atom. The van der Waals surface area contributed by atoms with Crippen molar-refractivity contribution in [2.24, 2.45) is 5.10 Å². The highest BCUT2D eigenvalue weighted by Crippen LogP contribution is 2.36. The molecule has 166 valence electrons. The number of nitrogens with zero attached hydrogens (tertiary/aromatic N) is 2. The molecule has 8 heteroatoms. The Morgan fingerprint density at radius 1 is 1.06 bits per heavy atom. The predicted molar refractivity (Wildman–Crippen MR) is 137 cm³/mol. The molecule has 2 aliphatic rings. The molecule has 2 aromatic carbocycles. The summed E-state index contributed by atoms with van der Waals surface area (Å²) in [6, 6.07) is 15.4. The summed E-state index contributed by atoms with van der Waals surface area (Å²) in [5.41, 5.74) is 8.40. The van der Waals surface area contributed by atoms with E-state index in [4.69, 9.17) is 40.2 Å².